The fourth-order valence-corrected chi connectivity index (χ4v) is 10.6. The lowest BCUT2D eigenvalue weighted by Crippen LogP contribution is -2.33. The molecule has 0 radical (unpaired) electrons. The highest BCUT2D eigenvalue weighted by Crippen LogP contribution is 2.08. The van der Waals surface area contributed by atoms with Gasteiger partial charge in [0.2, 0.25) is 5.91 Å². The highest BCUT2D eigenvalue weighted by molar-refractivity contribution is 7.99. The molecule has 0 aromatic carbocycles. The first-order valence-electron chi connectivity index (χ1n) is 42.2. The number of nitrogens with zero attached hydrogens (tertiary/aromatic N) is 9. The molecule has 0 spiro atoms. The summed E-state index contributed by atoms with van der Waals surface area (Å²) in [5.41, 5.74) is 0. The third-order valence-electron chi connectivity index (χ3n) is 15.2. The van der Waals surface area contributed by atoms with Gasteiger partial charge in [-0.3, -0.25) is 13.6 Å². The van der Waals surface area contributed by atoms with Gasteiger partial charge < -0.3 is 68.4 Å². The SMILES string of the molecule is C.CC(C)OCCN(C)CCCS(=O)(=O)O.CCCN(C)CCOC(C)C.CCCN(C)CCOC(C)C.CCN(C)CCC(=O)NC(C)C.CCN(C)CCCC(C)C.CCN(C)CCOC(C)C.CCN(C)CCS(=O)(=O)C(C)C.CCN(C)CCS(=O)C(C)C.CCN(C)CCSC(C)C.O=S(=O)=O.O=S(=O)=O.O=S(=O)=O.O=S(=O)=O.O=S(=O)=O.O=S(=O)=O. The lowest BCUT2D eigenvalue weighted by atomic mass is 10.1. The quantitative estimate of drug-likeness (QED) is 0.0565. The van der Waals surface area contributed by atoms with Crippen molar-refractivity contribution in [1.29, 1.82) is 0 Å². The van der Waals surface area contributed by atoms with Gasteiger partial charge in [-0.25, -0.2) is 8.42 Å². The van der Waals surface area contributed by atoms with Gasteiger partial charge in [0.25, 0.3) is 10.1 Å². The Labute approximate surface area is 789 Å². The van der Waals surface area contributed by atoms with Gasteiger partial charge in [-0.05, 0) is 255 Å². The number of likely N-dealkylation sites (N-methyl/N-ethyl adjacent to an activating group) is 4. The van der Waals surface area contributed by atoms with Crippen LogP contribution in [0.15, 0.2) is 0 Å². The maximum atomic E-state index is 11.3. The van der Waals surface area contributed by atoms with Gasteiger partial charge in [0, 0.05) is 92.4 Å². The van der Waals surface area contributed by atoms with Crippen LogP contribution in [0.2, 0.25) is 0 Å². The van der Waals surface area contributed by atoms with E-state index in [0.717, 1.165) is 102 Å². The lowest BCUT2D eigenvalue weighted by Gasteiger charge is -2.16. The van der Waals surface area contributed by atoms with Gasteiger partial charge in [-0.2, -0.15) is 20.2 Å². The van der Waals surface area contributed by atoms with Crippen molar-refractivity contribution >= 4 is 112 Å². The van der Waals surface area contributed by atoms with E-state index in [-0.39, 0.29) is 42.2 Å². The van der Waals surface area contributed by atoms with Crippen LogP contribution in [-0.2, 0) is 118 Å². The van der Waals surface area contributed by atoms with Crippen molar-refractivity contribution in [3.8, 4) is 0 Å². The molecule has 0 saturated carbocycles. The summed E-state index contributed by atoms with van der Waals surface area (Å²) >= 11 is 2.03. The van der Waals surface area contributed by atoms with Crippen LogP contribution in [0.25, 0.3) is 0 Å². The molecule has 780 valence electrons. The number of thioether (sulfide) groups is 1. The van der Waals surface area contributed by atoms with E-state index in [1.807, 2.05) is 91.2 Å². The Bertz CT molecular complexity index is 3020. The van der Waals surface area contributed by atoms with Crippen LogP contribution in [0.4, 0.5) is 0 Å². The van der Waals surface area contributed by atoms with E-state index in [1.165, 1.54) is 70.7 Å². The second-order valence-corrected chi connectivity index (χ2v) is 40.8. The van der Waals surface area contributed by atoms with Gasteiger partial charge in [0.15, 0.2) is 9.84 Å². The van der Waals surface area contributed by atoms with Crippen LogP contribution in [0.1, 0.15) is 226 Å². The Morgan fingerprint density at radius 3 is 0.866 bits per heavy atom. The Balaban J connectivity index is -0.0000000755. The van der Waals surface area contributed by atoms with Gasteiger partial charge in [-0.15, -0.1) is 75.8 Å². The van der Waals surface area contributed by atoms with Crippen LogP contribution in [-0.4, -0.2) is 428 Å². The third kappa shape index (κ3) is 233. The molecule has 1 amide bonds. The molecule has 0 bridgehead atoms. The van der Waals surface area contributed by atoms with Crippen LogP contribution in [0.5, 0.6) is 0 Å². The molecule has 2 N–H and O–H groups in total. The van der Waals surface area contributed by atoms with Crippen molar-refractivity contribution in [1.82, 2.24) is 49.4 Å². The minimum Gasteiger partial charge on any atom is -0.377 e. The molecule has 0 aliphatic carbocycles. The molecule has 0 aromatic rings. The van der Waals surface area contributed by atoms with E-state index in [9.17, 15) is 25.8 Å². The molecule has 0 aliphatic heterocycles. The van der Waals surface area contributed by atoms with E-state index < -0.39 is 94.4 Å². The van der Waals surface area contributed by atoms with Crippen molar-refractivity contribution in [2.24, 2.45) is 5.92 Å². The second kappa shape index (κ2) is 117. The fourth-order valence-electron chi connectivity index (χ4n) is 7.24. The Kier molecular flexibility index (Phi) is 148. The summed E-state index contributed by atoms with van der Waals surface area (Å²) in [5.74, 6) is 3.18. The topological polar surface area (TPSA) is 508 Å². The molecule has 39 nitrogen and oxygen atoms in total. The van der Waals surface area contributed by atoms with E-state index in [4.69, 9.17) is 99.3 Å². The Morgan fingerprint density at radius 2 is 0.614 bits per heavy atom. The Morgan fingerprint density at radius 1 is 0.354 bits per heavy atom. The van der Waals surface area contributed by atoms with Gasteiger partial charge in [-0.1, -0.05) is 104 Å². The van der Waals surface area contributed by atoms with Crippen LogP contribution in [0, 0.1) is 5.92 Å². The van der Waals surface area contributed by atoms with Gasteiger partial charge in [0.1, 0.15) is 0 Å². The number of sulfone groups is 1. The zero-order chi connectivity index (χ0) is 103. The second-order valence-electron chi connectivity index (χ2n) is 30.3. The number of nitrogens with one attached hydrogen (secondary N) is 1. The standard InChI is InChI=1S/C9H20N2O.C9H21NO4S.2C9H21NO.C9H21N.C8H19NO2S.C8H19NOS.C8H19NO.C8H19NS.CH4.6O3S/c1-5-11(4)7-6-9(12)10-8(2)3;1-9(2)14-7-6-10(3)5-4-8-15(11,12)13;2*1-5-6-10(4)7-8-11-9(2)3;1-5-10(4)8-6-7-9(2)3;1-5-9(4)6-7-12(10,11)8(2)3;1-5-9(4)6-7-11(10)8(2)3;2*1-5-9(4)6-7-10-8(2)3;;6*1-4(2)3/h8H,5-7H2,1-4H3,(H,10,12);9H,4-8H2,1-3H3,(H,11,12,13);2*9H,5-8H2,1-4H3;9H,5-8H2,1-4H3;8H,5-7H2,1-4H3;8H,5-7H2,1-4H3;2*8H,5-7H2,1-4H3;1H4;;;;;;. The average Bonchev–Trinajstić information content (AvgIpc) is 0.899. The molecule has 0 heterocycles. The normalized spacial score (nSPS) is 10.8. The predicted octanol–water partition coefficient (Wildman–Crippen LogP) is 7.27. The van der Waals surface area contributed by atoms with E-state index in [2.05, 4.69) is 200 Å². The first-order chi connectivity index (χ1) is 57.6. The van der Waals surface area contributed by atoms with Crippen molar-refractivity contribution in [3.05, 3.63) is 0 Å². The molecule has 0 fully saturated rings. The first-order valence-corrected chi connectivity index (χ1v) is 54.0. The molecule has 1 atom stereocenters. The van der Waals surface area contributed by atoms with Crippen molar-refractivity contribution < 1.29 is 125 Å². The summed E-state index contributed by atoms with van der Waals surface area (Å²) < 4.78 is 237. The summed E-state index contributed by atoms with van der Waals surface area (Å²) in [5, 5.41) is 3.70. The zero-order valence-electron chi connectivity index (χ0n) is 83.8. The summed E-state index contributed by atoms with van der Waals surface area (Å²) in [6.45, 7) is 75.3. The van der Waals surface area contributed by atoms with Crippen molar-refractivity contribution in [2.75, 3.05) is 231 Å². The molecular weight excluding hydrogens is 1860 g/mol. The van der Waals surface area contributed by atoms with E-state index >= 15 is 0 Å². The smallest absolute Gasteiger partial charge is 0.377 e. The summed E-state index contributed by atoms with van der Waals surface area (Å²) in [4.78, 5) is 31.0. The molecule has 49 heteroatoms. The molecule has 1 unspecified atom stereocenters. The van der Waals surface area contributed by atoms with Crippen LogP contribution >= 0.6 is 11.8 Å². The molecule has 0 aromatic heterocycles. The maximum Gasteiger partial charge on any atom is 0.425 e. The van der Waals surface area contributed by atoms with E-state index in [0.29, 0.717) is 56.1 Å². The first kappa shape index (κ1) is 161. The number of ether oxygens (including phenoxy) is 4. The van der Waals surface area contributed by atoms with Crippen LogP contribution in [0.3, 0.4) is 0 Å². The van der Waals surface area contributed by atoms with E-state index in [1.54, 1.807) is 13.8 Å². The summed E-state index contributed by atoms with van der Waals surface area (Å²) in [6.07, 6.45) is 7.51. The Hall–Kier alpha value is -2.97. The maximum absolute atomic E-state index is 11.3. The minimum absolute atomic E-state index is 0. The largest absolute Gasteiger partial charge is 0.425 e. The minimum atomic E-state index is -3.81. The molecule has 0 saturated heterocycles. The lowest BCUT2D eigenvalue weighted by molar-refractivity contribution is -0.121. The summed E-state index contributed by atoms with van der Waals surface area (Å²) in [6, 6.07) is 0.254. The highest BCUT2D eigenvalue weighted by Gasteiger charge is 2.16. The number of amides is 1. The van der Waals surface area contributed by atoms with Crippen LogP contribution < -0.4 is 5.32 Å². The van der Waals surface area contributed by atoms with Gasteiger partial charge in [0.05, 0.1) is 67.6 Å². The number of carbonyl (C=O) groups excluding carboxylic acids is 1. The van der Waals surface area contributed by atoms with Crippen molar-refractivity contribution in [2.45, 2.75) is 272 Å². The number of hydrogen-bond acceptors (Lipinski definition) is 38. The number of carbonyl (C=O) groups is 1. The molecule has 127 heavy (non-hydrogen) atoms. The number of rotatable bonds is 50. The fraction of sp³-hybridized carbons (Fsp3) is 0.987. The highest BCUT2D eigenvalue weighted by atomic mass is 32.2. The monoisotopic (exact) mass is 2050 g/mol. The summed E-state index contributed by atoms with van der Waals surface area (Å²) in [7, 11) is -7.35. The molecule has 0 rings (SSSR count). The zero-order valence-corrected chi connectivity index (χ0v) is 92.0. The molecular formula is C78H184N10O29S10. The number of hydrogen-bond donors (Lipinski definition) is 2. The van der Waals surface area contributed by atoms with Crippen molar-refractivity contribution in [3.63, 3.8) is 0 Å². The molecule has 0 aliphatic rings. The predicted molar refractivity (Wildman–Crippen MR) is 519 cm³/mol. The van der Waals surface area contributed by atoms with Gasteiger partial charge >= 0.3 is 63.7 Å². The average molecular weight is 2050 g/mol. The third-order valence-corrected chi connectivity index (χ3v) is 20.9.